The van der Waals surface area contributed by atoms with E-state index in [1.807, 2.05) is 13.8 Å². The highest BCUT2D eigenvalue weighted by molar-refractivity contribution is 5.95. The first-order chi connectivity index (χ1) is 7.92. The van der Waals surface area contributed by atoms with E-state index in [-0.39, 0.29) is 17.0 Å². The molecule has 1 N–H and O–H groups in total. The molecule has 0 bridgehead atoms. The van der Waals surface area contributed by atoms with Crippen LogP contribution in [0.3, 0.4) is 0 Å². The number of nitrogens with one attached hydrogen (secondary N) is 1. The summed E-state index contributed by atoms with van der Waals surface area (Å²) in [6.07, 6.45) is 2.28. The summed E-state index contributed by atoms with van der Waals surface area (Å²) >= 11 is 0. The van der Waals surface area contributed by atoms with Gasteiger partial charge in [-0.05, 0) is 51.2 Å². The zero-order valence-corrected chi connectivity index (χ0v) is 10.5. The molecular formula is C14H18FNO. The number of carbonyl (C=O) groups is 1. The van der Waals surface area contributed by atoms with Crippen molar-refractivity contribution in [2.75, 3.05) is 0 Å². The van der Waals surface area contributed by atoms with Crippen LogP contribution < -0.4 is 5.32 Å². The molecule has 0 aliphatic heterocycles. The van der Waals surface area contributed by atoms with Gasteiger partial charge in [0, 0.05) is 5.54 Å². The second-order valence-corrected chi connectivity index (χ2v) is 5.39. The fourth-order valence-corrected chi connectivity index (χ4v) is 2.09. The molecule has 0 atom stereocenters. The summed E-state index contributed by atoms with van der Waals surface area (Å²) < 4.78 is 13.8. The van der Waals surface area contributed by atoms with E-state index in [1.54, 1.807) is 19.1 Å². The van der Waals surface area contributed by atoms with E-state index < -0.39 is 5.82 Å². The lowest BCUT2D eigenvalue weighted by Crippen LogP contribution is -2.45. The third-order valence-electron chi connectivity index (χ3n) is 3.47. The Balaban J connectivity index is 2.17. The maximum Gasteiger partial charge on any atom is 0.254 e. The standard InChI is InChI=1S/C14H18FNO/c1-9-5-4-6-11(12(9)15)13(17)16-14(2,3)10-7-8-10/h4-6,10H,7-8H2,1-3H3,(H,16,17). The van der Waals surface area contributed by atoms with Crippen molar-refractivity contribution in [3.8, 4) is 0 Å². The van der Waals surface area contributed by atoms with Gasteiger partial charge in [0.2, 0.25) is 0 Å². The van der Waals surface area contributed by atoms with Crippen LogP contribution in [0.2, 0.25) is 0 Å². The van der Waals surface area contributed by atoms with Crippen LogP contribution in [-0.2, 0) is 0 Å². The molecule has 0 spiro atoms. The molecule has 0 unspecified atom stereocenters. The summed E-state index contributed by atoms with van der Waals surface area (Å²) in [7, 11) is 0. The molecule has 1 aliphatic carbocycles. The maximum atomic E-state index is 13.8. The van der Waals surface area contributed by atoms with Gasteiger partial charge in [-0.1, -0.05) is 12.1 Å². The van der Waals surface area contributed by atoms with Crippen LogP contribution >= 0.6 is 0 Å². The van der Waals surface area contributed by atoms with Crippen molar-refractivity contribution < 1.29 is 9.18 Å². The van der Waals surface area contributed by atoms with Crippen molar-refractivity contribution in [3.05, 3.63) is 35.1 Å². The highest BCUT2D eigenvalue weighted by Gasteiger charge is 2.39. The normalized spacial score (nSPS) is 15.8. The Morgan fingerprint density at radius 3 is 2.65 bits per heavy atom. The van der Waals surface area contributed by atoms with Gasteiger partial charge in [0.05, 0.1) is 5.56 Å². The monoisotopic (exact) mass is 235 g/mol. The van der Waals surface area contributed by atoms with Crippen LogP contribution in [0.1, 0.15) is 42.6 Å². The van der Waals surface area contributed by atoms with E-state index in [4.69, 9.17) is 0 Å². The Hall–Kier alpha value is -1.38. The van der Waals surface area contributed by atoms with Crippen molar-refractivity contribution in [1.29, 1.82) is 0 Å². The van der Waals surface area contributed by atoms with E-state index in [9.17, 15) is 9.18 Å². The second kappa shape index (κ2) is 4.13. The zero-order chi connectivity index (χ0) is 12.6. The predicted molar refractivity (Wildman–Crippen MR) is 65.4 cm³/mol. The molecule has 1 aliphatic rings. The molecule has 1 fully saturated rings. The van der Waals surface area contributed by atoms with Crippen LogP contribution in [0.5, 0.6) is 0 Å². The lowest BCUT2D eigenvalue weighted by atomic mass is 9.98. The first-order valence-electron chi connectivity index (χ1n) is 5.99. The van der Waals surface area contributed by atoms with Crippen LogP contribution in [-0.4, -0.2) is 11.4 Å². The summed E-state index contributed by atoms with van der Waals surface area (Å²) in [5.41, 5.74) is 0.397. The largest absolute Gasteiger partial charge is 0.347 e. The highest BCUT2D eigenvalue weighted by Crippen LogP contribution is 2.39. The van der Waals surface area contributed by atoms with E-state index >= 15 is 0 Å². The fourth-order valence-electron chi connectivity index (χ4n) is 2.09. The summed E-state index contributed by atoms with van der Waals surface area (Å²) in [6.45, 7) is 5.66. The molecule has 1 aromatic rings. The van der Waals surface area contributed by atoms with Crippen LogP contribution in [0.15, 0.2) is 18.2 Å². The van der Waals surface area contributed by atoms with Gasteiger partial charge in [0.1, 0.15) is 5.82 Å². The number of hydrogen-bond donors (Lipinski definition) is 1. The molecule has 0 heterocycles. The molecule has 1 amide bonds. The highest BCUT2D eigenvalue weighted by atomic mass is 19.1. The number of aryl methyl sites for hydroxylation is 1. The van der Waals surface area contributed by atoms with E-state index in [1.165, 1.54) is 6.07 Å². The van der Waals surface area contributed by atoms with Crippen LogP contribution in [0, 0.1) is 18.7 Å². The van der Waals surface area contributed by atoms with Gasteiger partial charge in [-0.15, -0.1) is 0 Å². The average molecular weight is 235 g/mol. The predicted octanol–water partition coefficient (Wildman–Crippen LogP) is 3.05. The Kier molecular flexibility index (Phi) is 2.94. The molecule has 2 nitrogen and oxygen atoms in total. The van der Waals surface area contributed by atoms with Gasteiger partial charge >= 0.3 is 0 Å². The minimum Gasteiger partial charge on any atom is -0.347 e. The SMILES string of the molecule is Cc1cccc(C(=O)NC(C)(C)C2CC2)c1F. The van der Waals surface area contributed by atoms with Crippen molar-refractivity contribution in [3.63, 3.8) is 0 Å². The van der Waals surface area contributed by atoms with Crippen molar-refractivity contribution in [1.82, 2.24) is 5.32 Å². The number of amides is 1. The van der Waals surface area contributed by atoms with Gasteiger partial charge in [0.15, 0.2) is 0 Å². The van der Waals surface area contributed by atoms with E-state index in [2.05, 4.69) is 5.32 Å². The number of benzene rings is 1. The molecule has 2 rings (SSSR count). The topological polar surface area (TPSA) is 29.1 Å². The zero-order valence-electron chi connectivity index (χ0n) is 10.5. The number of rotatable bonds is 3. The molecular weight excluding hydrogens is 217 g/mol. The van der Waals surface area contributed by atoms with Crippen molar-refractivity contribution >= 4 is 5.91 Å². The molecule has 1 aromatic carbocycles. The average Bonchev–Trinajstić information content (AvgIpc) is 3.04. The van der Waals surface area contributed by atoms with E-state index in [0.29, 0.717) is 11.5 Å². The number of hydrogen-bond acceptors (Lipinski definition) is 1. The fraction of sp³-hybridized carbons (Fsp3) is 0.500. The van der Waals surface area contributed by atoms with Gasteiger partial charge in [-0.3, -0.25) is 4.79 Å². The Morgan fingerprint density at radius 1 is 1.41 bits per heavy atom. The molecule has 3 heteroatoms. The third kappa shape index (κ3) is 2.48. The van der Waals surface area contributed by atoms with E-state index in [0.717, 1.165) is 12.8 Å². The minimum atomic E-state index is -0.420. The molecule has 92 valence electrons. The number of halogens is 1. The third-order valence-corrected chi connectivity index (χ3v) is 3.47. The van der Waals surface area contributed by atoms with Gasteiger partial charge in [-0.2, -0.15) is 0 Å². The first-order valence-corrected chi connectivity index (χ1v) is 5.99. The lowest BCUT2D eigenvalue weighted by Gasteiger charge is -2.26. The quantitative estimate of drug-likeness (QED) is 0.857. The Labute approximate surface area is 101 Å². The van der Waals surface area contributed by atoms with Gasteiger partial charge in [0.25, 0.3) is 5.91 Å². The Morgan fingerprint density at radius 2 is 2.06 bits per heavy atom. The summed E-state index contributed by atoms with van der Waals surface area (Å²) in [5, 5.41) is 2.92. The van der Waals surface area contributed by atoms with Gasteiger partial charge < -0.3 is 5.32 Å². The van der Waals surface area contributed by atoms with Gasteiger partial charge in [-0.25, -0.2) is 4.39 Å². The first kappa shape index (κ1) is 12.1. The lowest BCUT2D eigenvalue weighted by molar-refractivity contribution is 0.0899. The molecule has 17 heavy (non-hydrogen) atoms. The number of carbonyl (C=O) groups excluding carboxylic acids is 1. The summed E-state index contributed by atoms with van der Waals surface area (Å²) in [5.74, 6) is -0.209. The van der Waals surface area contributed by atoms with Crippen molar-refractivity contribution in [2.45, 2.75) is 39.2 Å². The molecule has 1 saturated carbocycles. The van der Waals surface area contributed by atoms with Crippen LogP contribution in [0.25, 0.3) is 0 Å². The summed E-state index contributed by atoms with van der Waals surface area (Å²) in [6, 6.07) is 4.90. The second-order valence-electron chi connectivity index (χ2n) is 5.39. The molecule has 0 saturated heterocycles. The Bertz CT molecular complexity index is 450. The molecule has 0 radical (unpaired) electrons. The molecule has 0 aromatic heterocycles. The smallest absolute Gasteiger partial charge is 0.254 e. The maximum absolute atomic E-state index is 13.8. The summed E-state index contributed by atoms with van der Waals surface area (Å²) in [4.78, 5) is 12.0. The van der Waals surface area contributed by atoms with Crippen molar-refractivity contribution in [2.24, 2.45) is 5.92 Å². The van der Waals surface area contributed by atoms with Crippen LogP contribution in [0.4, 0.5) is 4.39 Å². The minimum absolute atomic E-state index is 0.138.